The monoisotopic (exact) mass is 275 g/mol. The van der Waals surface area contributed by atoms with E-state index in [-0.39, 0.29) is 23.3 Å². The Hall–Kier alpha value is -0.420. The van der Waals surface area contributed by atoms with Gasteiger partial charge in [-0.3, -0.25) is 4.79 Å². The molecular formula is C13H25NO3S. The van der Waals surface area contributed by atoms with Crippen molar-refractivity contribution in [1.29, 1.82) is 0 Å². The number of Topliss-reactive ketones (excluding diaryl/α,β-unsaturated/α-hetero) is 1. The maximum absolute atomic E-state index is 11.7. The van der Waals surface area contributed by atoms with E-state index in [4.69, 9.17) is 0 Å². The zero-order valence-electron chi connectivity index (χ0n) is 11.3. The number of sulfone groups is 1. The molecule has 1 aliphatic heterocycles. The average Bonchev–Trinajstić information content (AvgIpc) is 2.27. The van der Waals surface area contributed by atoms with E-state index in [9.17, 15) is 13.2 Å². The molecule has 0 radical (unpaired) electrons. The quantitative estimate of drug-likeness (QED) is 0.685. The number of rotatable bonds is 8. The second-order valence-corrected chi connectivity index (χ2v) is 7.40. The Morgan fingerprint density at radius 1 is 1.22 bits per heavy atom. The Labute approximate surface area is 110 Å². The smallest absolute Gasteiger partial charge is 0.153 e. The molecule has 0 saturated carbocycles. The zero-order valence-corrected chi connectivity index (χ0v) is 12.1. The molecule has 106 valence electrons. The molecule has 0 amide bonds. The van der Waals surface area contributed by atoms with E-state index in [1.54, 1.807) is 0 Å². The van der Waals surface area contributed by atoms with Gasteiger partial charge in [0.1, 0.15) is 5.78 Å². The third-order valence-electron chi connectivity index (χ3n) is 3.33. The summed E-state index contributed by atoms with van der Waals surface area (Å²) in [7, 11) is -2.92. The topological polar surface area (TPSA) is 63.2 Å². The molecule has 1 N–H and O–H groups in total. The van der Waals surface area contributed by atoms with Crippen molar-refractivity contribution in [2.45, 2.75) is 57.9 Å². The number of nitrogens with one attached hydrogen (secondary N) is 1. The lowest BCUT2D eigenvalue weighted by Gasteiger charge is -2.22. The van der Waals surface area contributed by atoms with Crippen LogP contribution in [0.1, 0.15) is 51.9 Å². The van der Waals surface area contributed by atoms with Gasteiger partial charge in [-0.15, -0.1) is 0 Å². The predicted octanol–water partition coefficient (Wildman–Crippen LogP) is 1.69. The van der Waals surface area contributed by atoms with Crippen LogP contribution in [-0.2, 0) is 14.6 Å². The summed E-state index contributed by atoms with van der Waals surface area (Å²) < 4.78 is 22.8. The highest BCUT2D eigenvalue weighted by Gasteiger charge is 2.25. The fourth-order valence-electron chi connectivity index (χ4n) is 2.30. The van der Waals surface area contributed by atoms with E-state index < -0.39 is 9.84 Å². The van der Waals surface area contributed by atoms with Crippen molar-refractivity contribution in [3.05, 3.63) is 0 Å². The van der Waals surface area contributed by atoms with E-state index in [1.165, 1.54) is 19.3 Å². The Balaban J connectivity index is 2.16. The van der Waals surface area contributed by atoms with E-state index in [0.29, 0.717) is 19.4 Å². The van der Waals surface area contributed by atoms with Crippen LogP contribution in [0.15, 0.2) is 0 Å². The molecule has 0 aromatic heterocycles. The lowest BCUT2D eigenvalue weighted by atomic mass is 10.0. The van der Waals surface area contributed by atoms with Crippen LogP contribution < -0.4 is 5.32 Å². The number of unbranched alkanes of at least 4 members (excludes halogenated alkanes) is 4. The minimum Gasteiger partial charge on any atom is -0.312 e. The summed E-state index contributed by atoms with van der Waals surface area (Å²) in [6.45, 7) is 2.65. The summed E-state index contributed by atoms with van der Waals surface area (Å²) in [6, 6.07) is -0.160. The molecule has 5 heteroatoms. The number of hydrogen-bond acceptors (Lipinski definition) is 4. The molecule has 0 aromatic rings. The summed E-state index contributed by atoms with van der Waals surface area (Å²) in [4.78, 5) is 11.7. The fourth-order valence-corrected chi connectivity index (χ4v) is 3.75. The van der Waals surface area contributed by atoms with Crippen LogP contribution in [0.2, 0.25) is 0 Å². The molecule has 1 atom stereocenters. The molecule has 4 nitrogen and oxygen atoms in total. The SMILES string of the molecule is CCCCCCCC(=O)CC1CS(=O)(=O)CCN1. The number of carbonyl (C=O) groups is 1. The van der Waals surface area contributed by atoms with Gasteiger partial charge in [0.25, 0.3) is 0 Å². The normalized spacial score (nSPS) is 22.8. The first-order chi connectivity index (χ1) is 8.53. The molecule has 1 unspecified atom stereocenters. The molecule has 1 aliphatic rings. The highest BCUT2D eigenvalue weighted by Crippen LogP contribution is 2.10. The lowest BCUT2D eigenvalue weighted by Crippen LogP contribution is -2.45. The minimum absolute atomic E-state index is 0.120. The van der Waals surface area contributed by atoms with Gasteiger partial charge in [-0.1, -0.05) is 32.6 Å². The molecule has 0 bridgehead atoms. The van der Waals surface area contributed by atoms with Gasteiger partial charge in [0, 0.05) is 25.4 Å². The van der Waals surface area contributed by atoms with Crippen LogP contribution in [0.5, 0.6) is 0 Å². The summed E-state index contributed by atoms with van der Waals surface area (Å²) in [6.07, 6.45) is 6.65. The van der Waals surface area contributed by atoms with Gasteiger partial charge in [0.05, 0.1) is 11.5 Å². The minimum atomic E-state index is -2.92. The molecule has 0 spiro atoms. The van der Waals surface area contributed by atoms with E-state index >= 15 is 0 Å². The highest BCUT2D eigenvalue weighted by molar-refractivity contribution is 7.91. The molecule has 0 aliphatic carbocycles. The second kappa shape index (κ2) is 7.89. The van der Waals surface area contributed by atoms with Crippen LogP contribution in [0.25, 0.3) is 0 Å². The summed E-state index contributed by atoms with van der Waals surface area (Å²) in [5.41, 5.74) is 0. The van der Waals surface area contributed by atoms with Gasteiger partial charge in [-0.25, -0.2) is 8.42 Å². The average molecular weight is 275 g/mol. The zero-order chi connectivity index (χ0) is 13.4. The van der Waals surface area contributed by atoms with Crippen molar-refractivity contribution < 1.29 is 13.2 Å². The number of carbonyl (C=O) groups excluding carboxylic acids is 1. The molecule has 1 saturated heterocycles. The molecule has 0 aromatic carbocycles. The lowest BCUT2D eigenvalue weighted by molar-refractivity contribution is -0.119. The van der Waals surface area contributed by atoms with Crippen LogP contribution in [0.4, 0.5) is 0 Å². The van der Waals surface area contributed by atoms with Crippen molar-refractivity contribution in [2.75, 3.05) is 18.1 Å². The number of ketones is 1. The van der Waals surface area contributed by atoms with Crippen molar-refractivity contribution in [1.82, 2.24) is 5.32 Å². The van der Waals surface area contributed by atoms with E-state index in [2.05, 4.69) is 12.2 Å². The van der Waals surface area contributed by atoms with Gasteiger partial charge in [-0.05, 0) is 6.42 Å². The standard InChI is InChI=1S/C13H25NO3S/c1-2-3-4-5-6-7-13(15)10-12-11-18(16,17)9-8-14-12/h12,14H,2-11H2,1H3. The van der Waals surface area contributed by atoms with Crippen molar-refractivity contribution in [3.8, 4) is 0 Å². The van der Waals surface area contributed by atoms with Crippen molar-refractivity contribution >= 4 is 15.6 Å². The molecule has 1 rings (SSSR count). The van der Waals surface area contributed by atoms with Gasteiger partial charge < -0.3 is 5.32 Å². The van der Waals surface area contributed by atoms with Gasteiger partial charge in [0.15, 0.2) is 9.84 Å². The van der Waals surface area contributed by atoms with E-state index in [0.717, 1.165) is 12.8 Å². The number of hydrogen-bond donors (Lipinski definition) is 1. The first kappa shape index (κ1) is 15.6. The van der Waals surface area contributed by atoms with Gasteiger partial charge in [0.2, 0.25) is 0 Å². The summed E-state index contributed by atoms with van der Waals surface area (Å²) in [5, 5.41) is 3.12. The molecular weight excluding hydrogens is 250 g/mol. The van der Waals surface area contributed by atoms with Gasteiger partial charge in [-0.2, -0.15) is 0 Å². The Morgan fingerprint density at radius 2 is 1.94 bits per heavy atom. The molecule has 18 heavy (non-hydrogen) atoms. The molecule has 1 fully saturated rings. The Bertz CT molecular complexity index is 351. The Morgan fingerprint density at radius 3 is 2.61 bits per heavy atom. The molecule has 1 heterocycles. The Kier molecular flexibility index (Phi) is 6.86. The third kappa shape index (κ3) is 6.50. The second-order valence-electron chi connectivity index (χ2n) is 5.17. The van der Waals surface area contributed by atoms with Crippen molar-refractivity contribution in [2.24, 2.45) is 0 Å². The van der Waals surface area contributed by atoms with Crippen LogP contribution in [-0.4, -0.2) is 38.3 Å². The van der Waals surface area contributed by atoms with Crippen LogP contribution in [0, 0.1) is 0 Å². The summed E-state index contributed by atoms with van der Waals surface area (Å²) in [5.74, 6) is 0.518. The van der Waals surface area contributed by atoms with Gasteiger partial charge >= 0.3 is 0 Å². The van der Waals surface area contributed by atoms with E-state index in [1.807, 2.05) is 0 Å². The highest BCUT2D eigenvalue weighted by atomic mass is 32.2. The van der Waals surface area contributed by atoms with Crippen LogP contribution >= 0.6 is 0 Å². The maximum atomic E-state index is 11.7. The largest absolute Gasteiger partial charge is 0.312 e. The maximum Gasteiger partial charge on any atom is 0.153 e. The van der Waals surface area contributed by atoms with Crippen LogP contribution in [0.3, 0.4) is 0 Å². The first-order valence-corrected chi connectivity index (χ1v) is 8.81. The predicted molar refractivity (Wildman–Crippen MR) is 73.4 cm³/mol. The fraction of sp³-hybridized carbons (Fsp3) is 0.923. The van der Waals surface area contributed by atoms with Crippen molar-refractivity contribution in [3.63, 3.8) is 0 Å². The third-order valence-corrected chi connectivity index (χ3v) is 5.07. The summed E-state index contributed by atoms with van der Waals surface area (Å²) >= 11 is 0. The first-order valence-electron chi connectivity index (χ1n) is 6.99.